The first-order valence-corrected chi connectivity index (χ1v) is 27.0. The van der Waals surface area contributed by atoms with Gasteiger partial charge in [0.2, 0.25) is 0 Å². The molecule has 11 aromatic rings. The molecule has 0 radical (unpaired) electrons. The van der Waals surface area contributed by atoms with Gasteiger partial charge in [-0.15, -0.1) is 0 Å². The number of pyridine rings is 3. The molecule has 0 amide bonds. The Kier molecular flexibility index (Phi) is 14.6. The molecule has 0 aliphatic rings. The average Bonchev–Trinajstić information content (AvgIpc) is 3.50. The van der Waals surface area contributed by atoms with Gasteiger partial charge in [0.05, 0.1) is 17.1 Å². The summed E-state index contributed by atoms with van der Waals surface area (Å²) in [7, 11) is 0. The number of nitrogens with zero attached hydrogens (tertiary/aromatic N) is 7. The van der Waals surface area contributed by atoms with Gasteiger partial charge in [0.1, 0.15) is 11.6 Å². The Labute approximate surface area is 459 Å². The summed E-state index contributed by atoms with van der Waals surface area (Å²) in [5.74, 6) is 1.64. The van der Waals surface area contributed by atoms with Crippen LogP contribution in [0.3, 0.4) is 0 Å². The number of benzene rings is 6. The first-order chi connectivity index (χ1) is 37.9. The molecule has 0 saturated carbocycles. The van der Waals surface area contributed by atoms with Crippen LogP contribution >= 0.6 is 0 Å². The van der Waals surface area contributed by atoms with Gasteiger partial charge in [0.15, 0.2) is 0 Å². The van der Waals surface area contributed by atoms with Crippen molar-refractivity contribution in [3.05, 3.63) is 259 Å². The van der Waals surface area contributed by atoms with E-state index in [0.717, 1.165) is 98.9 Å². The van der Waals surface area contributed by atoms with Crippen LogP contribution in [0.15, 0.2) is 225 Å². The number of aromatic nitrogens is 7. The maximum absolute atomic E-state index is 5.16. The van der Waals surface area contributed by atoms with Crippen LogP contribution in [0.5, 0.6) is 0 Å². The lowest BCUT2D eigenvalue weighted by molar-refractivity contribution is 0.545. The van der Waals surface area contributed by atoms with Crippen molar-refractivity contribution in [3.63, 3.8) is 0 Å². The lowest BCUT2D eigenvalue weighted by atomic mass is 9.87. The molecule has 0 fully saturated rings. The zero-order chi connectivity index (χ0) is 53.6. The molecule has 0 bridgehead atoms. The van der Waals surface area contributed by atoms with Crippen molar-refractivity contribution in [1.29, 1.82) is 0 Å². The zero-order valence-corrected chi connectivity index (χ0v) is 45.3. The normalized spacial score (nSPS) is 11.7. The number of aryl methyl sites for hydroxylation is 4. The Balaban J connectivity index is 0.919. The Morgan fingerprint density at radius 1 is 0.244 bits per heavy atom. The van der Waals surface area contributed by atoms with Crippen LogP contribution in [0.4, 0.5) is 0 Å². The lowest BCUT2D eigenvalue weighted by Crippen LogP contribution is -2.15. The molecule has 6 aromatic carbocycles. The van der Waals surface area contributed by atoms with Crippen LogP contribution < -0.4 is 0 Å². The first-order valence-electron chi connectivity index (χ1n) is 27.0. The molecule has 78 heavy (non-hydrogen) atoms. The SMILES string of the molecule is CC(C)(C)c1ncc(-c2ccc(CCc3cc(CCc4ccc(-c5cnc(C(C)(C)C)nc5)nc4)cc(-c4ccccc4-c4cnc(-c5ccccc5)cc4-c4ccc(-c5ccc(-c6ccccc6)cc5)cc4)c3)cn2)cn1. The van der Waals surface area contributed by atoms with Gasteiger partial charge in [-0.25, -0.2) is 19.9 Å². The molecule has 5 aromatic heterocycles. The first kappa shape index (κ1) is 51.1. The van der Waals surface area contributed by atoms with E-state index in [1.165, 1.54) is 50.1 Å². The highest BCUT2D eigenvalue weighted by atomic mass is 14.9. The molecule has 7 heteroatoms. The molecule has 7 nitrogen and oxygen atoms in total. The molecule has 0 spiro atoms. The van der Waals surface area contributed by atoms with E-state index in [0.29, 0.717) is 0 Å². The molecule has 0 atom stereocenters. The molecular formula is C71H63N7. The molecule has 0 N–H and O–H groups in total. The van der Waals surface area contributed by atoms with Gasteiger partial charge in [0, 0.05) is 76.5 Å². The molecule has 0 saturated heterocycles. The Morgan fingerprint density at radius 2 is 0.641 bits per heavy atom. The smallest absolute Gasteiger partial charge is 0.133 e. The molecule has 11 rings (SSSR count). The fourth-order valence-electron chi connectivity index (χ4n) is 9.94. The maximum atomic E-state index is 5.16. The highest BCUT2D eigenvalue weighted by molar-refractivity contribution is 5.93. The third kappa shape index (κ3) is 11.8. The second-order valence-corrected chi connectivity index (χ2v) is 22.3. The van der Waals surface area contributed by atoms with Crippen LogP contribution in [-0.4, -0.2) is 34.9 Å². The van der Waals surface area contributed by atoms with Gasteiger partial charge in [-0.3, -0.25) is 15.0 Å². The van der Waals surface area contributed by atoms with E-state index in [4.69, 9.17) is 15.0 Å². The Hall–Kier alpha value is -9.07. The summed E-state index contributed by atoms with van der Waals surface area (Å²) >= 11 is 0. The van der Waals surface area contributed by atoms with Crippen molar-refractivity contribution in [3.8, 4) is 89.4 Å². The molecule has 5 heterocycles. The number of hydrogen-bond acceptors (Lipinski definition) is 7. The van der Waals surface area contributed by atoms with Gasteiger partial charge in [-0.2, -0.15) is 0 Å². The van der Waals surface area contributed by atoms with E-state index in [1.807, 2.05) is 37.2 Å². The molecule has 382 valence electrons. The summed E-state index contributed by atoms with van der Waals surface area (Å²) in [4.78, 5) is 33.5. The molecule has 0 aliphatic carbocycles. The van der Waals surface area contributed by atoms with E-state index in [2.05, 4.69) is 250 Å². The van der Waals surface area contributed by atoms with Crippen molar-refractivity contribution in [2.75, 3.05) is 0 Å². The Morgan fingerprint density at radius 3 is 1.09 bits per heavy atom. The second-order valence-electron chi connectivity index (χ2n) is 22.3. The average molecular weight is 1010 g/mol. The summed E-state index contributed by atoms with van der Waals surface area (Å²) in [6.45, 7) is 12.7. The van der Waals surface area contributed by atoms with E-state index in [-0.39, 0.29) is 10.8 Å². The van der Waals surface area contributed by atoms with Gasteiger partial charge in [0.25, 0.3) is 0 Å². The van der Waals surface area contributed by atoms with E-state index < -0.39 is 0 Å². The monoisotopic (exact) mass is 1010 g/mol. The summed E-state index contributed by atoms with van der Waals surface area (Å²) < 4.78 is 0. The number of rotatable bonds is 14. The maximum Gasteiger partial charge on any atom is 0.133 e. The zero-order valence-electron chi connectivity index (χ0n) is 45.3. The Bertz CT molecular complexity index is 3660. The highest BCUT2D eigenvalue weighted by Gasteiger charge is 2.20. The van der Waals surface area contributed by atoms with Gasteiger partial charge < -0.3 is 0 Å². The molecular weight excluding hydrogens is 951 g/mol. The van der Waals surface area contributed by atoms with Gasteiger partial charge >= 0.3 is 0 Å². The quantitative estimate of drug-likeness (QED) is 0.107. The minimum Gasteiger partial charge on any atom is -0.256 e. The summed E-state index contributed by atoms with van der Waals surface area (Å²) in [5.41, 5.74) is 21.8. The van der Waals surface area contributed by atoms with E-state index in [1.54, 1.807) is 0 Å². The van der Waals surface area contributed by atoms with Gasteiger partial charge in [-0.1, -0.05) is 205 Å². The van der Waals surface area contributed by atoms with Gasteiger partial charge in [-0.05, 0) is 116 Å². The van der Waals surface area contributed by atoms with Crippen molar-refractivity contribution in [2.24, 2.45) is 0 Å². The van der Waals surface area contributed by atoms with Crippen LogP contribution in [-0.2, 0) is 36.5 Å². The summed E-state index contributed by atoms with van der Waals surface area (Å²) in [6.07, 6.45) is 17.0. The van der Waals surface area contributed by atoms with Crippen molar-refractivity contribution in [2.45, 2.75) is 78.1 Å². The largest absolute Gasteiger partial charge is 0.256 e. The fourth-order valence-corrected chi connectivity index (χ4v) is 9.94. The van der Waals surface area contributed by atoms with Crippen LogP contribution in [0.1, 0.15) is 75.4 Å². The van der Waals surface area contributed by atoms with E-state index in [9.17, 15) is 0 Å². The highest BCUT2D eigenvalue weighted by Crippen LogP contribution is 2.41. The van der Waals surface area contributed by atoms with Crippen molar-refractivity contribution >= 4 is 0 Å². The van der Waals surface area contributed by atoms with Crippen molar-refractivity contribution < 1.29 is 0 Å². The lowest BCUT2D eigenvalue weighted by Gasteiger charge is -2.18. The summed E-state index contributed by atoms with van der Waals surface area (Å²) in [5, 5.41) is 0. The topological polar surface area (TPSA) is 90.2 Å². The standard InChI is InChI=1S/C71H63N7/c1-70(2,3)68-75-43-59(44-76-68)65-35-25-48(41-72-65)21-23-50-37-51(24-22-49-26-36-66(73-42-49)60-45-77-69(78-46-60)71(4,5)6)39-58(38-50)61-19-13-14-20-62(61)64-47-74-67(57-17-11-8-12-18-57)40-63(64)56-33-31-55(32-34-56)54-29-27-53(28-30-54)52-15-9-7-10-16-52/h7-20,25-47H,21-24H2,1-6H3. The minimum atomic E-state index is -0.118. The second kappa shape index (κ2) is 22.3. The third-order valence-corrected chi connectivity index (χ3v) is 14.4. The predicted molar refractivity (Wildman–Crippen MR) is 320 cm³/mol. The fraction of sp³-hybridized carbons (Fsp3) is 0.169. The molecule has 0 unspecified atom stereocenters. The number of hydrogen-bond donors (Lipinski definition) is 0. The van der Waals surface area contributed by atoms with Crippen LogP contribution in [0.2, 0.25) is 0 Å². The summed E-state index contributed by atoms with van der Waals surface area (Å²) in [6, 6.07) is 65.6. The van der Waals surface area contributed by atoms with Crippen molar-refractivity contribution in [1.82, 2.24) is 34.9 Å². The van der Waals surface area contributed by atoms with E-state index >= 15 is 0 Å². The predicted octanol–water partition coefficient (Wildman–Crippen LogP) is 17.0. The minimum absolute atomic E-state index is 0.118. The van der Waals surface area contributed by atoms with Crippen LogP contribution in [0, 0.1) is 0 Å². The van der Waals surface area contributed by atoms with Crippen LogP contribution in [0.25, 0.3) is 89.4 Å². The molecule has 0 aliphatic heterocycles. The third-order valence-electron chi connectivity index (χ3n) is 14.4.